The number of hydrogen-bond donors (Lipinski definition) is 1. The molecule has 0 saturated carbocycles. The molecule has 0 aliphatic carbocycles. The molecule has 0 aliphatic heterocycles. The summed E-state index contributed by atoms with van der Waals surface area (Å²) in [6, 6.07) is 7.00. The van der Waals surface area contributed by atoms with Gasteiger partial charge < -0.3 is 5.32 Å². The first-order chi connectivity index (χ1) is 9.43. The van der Waals surface area contributed by atoms with Gasteiger partial charge in [0, 0.05) is 25.3 Å². The zero-order chi connectivity index (χ0) is 15.2. The number of hydrogen-bond acceptors (Lipinski definition) is 3. The van der Waals surface area contributed by atoms with Gasteiger partial charge in [0.1, 0.15) is 0 Å². The van der Waals surface area contributed by atoms with Crippen molar-refractivity contribution in [2.45, 2.75) is 51.0 Å². The molecule has 0 radical (unpaired) electrons. The van der Waals surface area contributed by atoms with Gasteiger partial charge in [-0.05, 0) is 44.0 Å². The maximum absolute atomic E-state index is 12.5. The van der Waals surface area contributed by atoms with Crippen molar-refractivity contribution in [2.24, 2.45) is 0 Å². The fourth-order valence-electron chi connectivity index (χ4n) is 2.02. The van der Waals surface area contributed by atoms with Crippen molar-refractivity contribution < 1.29 is 8.42 Å². The molecule has 0 heterocycles. The third-order valence-corrected chi connectivity index (χ3v) is 5.42. The summed E-state index contributed by atoms with van der Waals surface area (Å²) < 4.78 is 26.4. The first-order valence-corrected chi connectivity index (χ1v) is 8.69. The summed E-state index contributed by atoms with van der Waals surface area (Å²) in [5.41, 5.74) is 0.954. The molecule has 4 nitrogen and oxygen atoms in total. The van der Waals surface area contributed by atoms with Gasteiger partial charge in [0.05, 0.1) is 4.90 Å². The minimum Gasteiger partial charge on any atom is -0.385 e. The van der Waals surface area contributed by atoms with Crippen molar-refractivity contribution >= 4 is 15.7 Å². The van der Waals surface area contributed by atoms with Crippen LogP contribution in [-0.4, -0.2) is 32.4 Å². The molecule has 0 aromatic heterocycles. The van der Waals surface area contributed by atoms with Gasteiger partial charge in [-0.1, -0.05) is 20.3 Å². The molecule has 0 amide bonds. The number of nitrogens with one attached hydrogen (secondary N) is 1. The fourth-order valence-corrected chi connectivity index (χ4v) is 3.41. The van der Waals surface area contributed by atoms with Crippen molar-refractivity contribution in [3.05, 3.63) is 24.3 Å². The maximum Gasteiger partial charge on any atom is 0.243 e. The van der Waals surface area contributed by atoms with E-state index in [0.29, 0.717) is 4.90 Å². The Morgan fingerprint density at radius 2 is 1.75 bits per heavy atom. The van der Waals surface area contributed by atoms with Crippen molar-refractivity contribution in [3.8, 4) is 0 Å². The highest BCUT2D eigenvalue weighted by molar-refractivity contribution is 7.89. The molecule has 1 aromatic rings. The topological polar surface area (TPSA) is 49.4 Å². The summed E-state index contributed by atoms with van der Waals surface area (Å²) in [5.74, 6) is 0. The van der Waals surface area contributed by atoms with Gasteiger partial charge in [0.25, 0.3) is 0 Å². The van der Waals surface area contributed by atoms with E-state index in [9.17, 15) is 8.42 Å². The van der Waals surface area contributed by atoms with Crippen LogP contribution in [0.15, 0.2) is 29.2 Å². The zero-order valence-corrected chi connectivity index (χ0v) is 13.7. The van der Waals surface area contributed by atoms with Gasteiger partial charge in [-0.2, -0.15) is 4.31 Å². The van der Waals surface area contributed by atoms with Crippen LogP contribution in [0, 0.1) is 0 Å². The number of sulfonamides is 1. The second-order valence-corrected chi connectivity index (χ2v) is 7.11. The minimum absolute atomic E-state index is 0.0166. The number of anilines is 1. The number of benzene rings is 1. The van der Waals surface area contributed by atoms with Gasteiger partial charge in [0.15, 0.2) is 0 Å². The van der Waals surface area contributed by atoms with E-state index < -0.39 is 10.0 Å². The Kier molecular flexibility index (Phi) is 6.49. The van der Waals surface area contributed by atoms with Gasteiger partial charge in [-0.25, -0.2) is 8.42 Å². The maximum atomic E-state index is 12.5. The molecule has 1 unspecified atom stereocenters. The van der Waals surface area contributed by atoms with E-state index in [4.69, 9.17) is 0 Å². The fraction of sp³-hybridized carbons (Fsp3) is 0.600. The Morgan fingerprint density at radius 1 is 1.15 bits per heavy atom. The zero-order valence-electron chi connectivity index (χ0n) is 12.9. The first kappa shape index (κ1) is 17.0. The van der Waals surface area contributed by atoms with E-state index in [1.807, 2.05) is 19.1 Å². The number of rotatable bonds is 8. The highest BCUT2D eigenvalue weighted by Crippen LogP contribution is 2.20. The summed E-state index contributed by atoms with van der Waals surface area (Å²) in [4.78, 5) is 0.352. The highest BCUT2D eigenvalue weighted by atomic mass is 32.2. The van der Waals surface area contributed by atoms with E-state index in [0.717, 1.165) is 31.5 Å². The summed E-state index contributed by atoms with van der Waals surface area (Å²) >= 11 is 0. The lowest BCUT2D eigenvalue weighted by molar-refractivity contribution is 0.369. The average Bonchev–Trinajstić information content (AvgIpc) is 2.45. The van der Waals surface area contributed by atoms with Gasteiger partial charge in [-0.15, -0.1) is 0 Å². The normalized spacial score (nSPS) is 13.4. The van der Waals surface area contributed by atoms with Crippen molar-refractivity contribution in [3.63, 3.8) is 0 Å². The molecule has 0 aliphatic rings. The summed E-state index contributed by atoms with van der Waals surface area (Å²) in [6.07, 6.45) is 2.88. The molecule has 20 heavy (non-hydrogen) atoms. The summed E-state index contributed by atoms with van der Waals surface area (Å²) in [5, 5.41) is 3.24. The molecule has 1 aromatic carbocycles. The molecule has 0 spiro atoms. The van der Waals surface area contributed by atoms with Crippen LogP contribution in [0.1, 0.15) is 40.0 Å². The van der Waals surface area contributed by atoms with E-state index in [1.54, 1.807) is 19.2 Å². The standard InChI is InChI=1S/C15H26N2O2S/c1-5-7-13(3)17(4)20(18,19)15-10-8-14(9-11-15)16-12-6-2/h8-11,13,16H,5-7,12H2,1-4H3. The monoisotopic (exact) mass is 298 g/mol. The highest BCUT2D eigenvalue weighted by Gasteiger charge is 2.24. The van der Waals surface area contributed by atoms with Crippen molar-refractivity contribution in [2.75, 3.05) is 18.9 Å². The van der Waals surface area contributed by atoms with Crippen molar-refractivity contribution in [1.82, 2.24) is 4.31 Å². The van der Waals surface area contributed by atoms with Crippen LogP contribution in [0.25, 0.3) is 0 Å². The Labute approximate surface area is 123 Å². The van der Waals surface area contributed by atoms with Crippen LogP contribution in [0.3, 0.4) is 0 Å². The summed E-state index contributed by atoms with van der Waals surface area (Å²) in [7, 11) is -1.74. The van der Waals surface area contributed by atoms with Gasteiger partial charge >= 0.3 is 0 Å². The molecule has 0 bridgehead atoms. The van der Waals surface area contributed by atoms with E-state index in [-0.39, 0.29) is 6.04 Å². The van der Waals surface area contributed by atoms with E-state index >= 15 is 0 Å². The largest absolute Gasteiger partial charge is 0.385 e. The molecular formula is C15H26N2O2S. The van der Waals surface area contributed by atoms with E-state index in [1.165, 1.54) is 4.31 Å². The van der Waals surface area contributed by atoms with Crippen LogP contribution in [0.4, 0.5) is 5.69 Å². The SMILES string of the molecule is CCCNc1ccc(S(=O)(=O)N(C)C(C)CCC)cc1. The van der Waals surface area contributed by atoms with Crippen LogP contribution in [0.2, 0.25) is 0 Å². The van der Waals surface area contributed by atoms with Crippen LogP contribution in [0.5, 0.6) is 0 Å². The number of nitrogens with zero attached hydrogens (tertiary/aromatic N) is 1. The first-order valence-electron chi connectivity index (χ1n) is 7.25. The predicted octanol–water partition coefficient (Wildman–Crippen LogP) is 3.32. The second-order valence-electron chi connectivity index (χ2n) is 5.11. The molecule has 0 fully saturated rings. The average molecular weight is 298 g/mol. The van der Waals surface area contributed by atoms with Crippen LogP contribution < -0.4 is 5.32 Å². The molecule has 0 saturated heterocycles. The lowest BCUT2D eigenvalue weighted by Crippen LogP contribution is -2.34. The lowest BCUT2D eigenvalue weighted by Gasteiger charge is -2.24. The van der Waals surface area contributed by atoms with Gasteiger partial charge in [-0.3, -0.25) is 0 Å². The molecule has 1 atom stereocenters. The quantitative estimate of drug-likeness (QED) is 0.801. The van der Waals surface area contributed by atoms with Crippen LogP contribution >= 0.6 is 0 Å². The minimum atomic E-state index is -3.39. The Hall–Kier alpha value is -1.07. The third-order valence-electron chi connectivity index (χ3n) is 3.44. The smallest absolute Gasteiger partial charge is 0.243 e. The lowest BCUT2D eigenvalue weighted by atomic mass is 10.2. The molecule has 114 valence electrons. The third kappa shape index (κ3) is 4.21. The van der Waals surface area contributed by atoms with Gasteiger partial charge in [0.2, 0.25) is 10.0 Å². The van der Waals surface area contributed by atoms with Crippen LogP contribution in [-0.2, 0) is 10.0 Å². The second kappa shape index (κ2) is 7.64. The van der Waals surface area contributed by atoms with Crippen molar-refractivity contribution in [1.29, 1.82) is 0 Å². The Balaban J connectivity index is 2.87. The Bertz CT molecular complexity index is 497. The molecule has 5 heteroatoms. The Morgan fingerprint density at radius 3 is 2.25 bits per heavy atom. The van der Waals surface area contributed by atoms with E-state index in [2.05, 4.69) is 19.2 Å². The predicted molar refractivity (Wildman–Crippen MR) is 84.5 cm³/mol. The molecular weight excluding hydrogens is 272 g/mol. The molecule has 1 N–H and O–H groups in total. The molecule has 1 rings (SSSR count). The summed E-state index contributed by atoms with van der Waals surface area (Å²) in [6.45, 7) is 6.98.